The lowest BCUT2D eigenvalue weighted by atomic mass is 10.1. The van der Waals surface area contributed by atoms with Crippen LogP contribution in [0.4, 0.5) is 10.1 Å². The molecule has 0 atom stereocenters. The van der Waals surface area contributed by atoms with Crippen molar-refractivity contribution >= 4 is 28.8 Å². The van der Waals surface area contributed by atoms with Crippen molar-refractivity contribution in [1.82, 2.24) is 14.8 Å². The minimum atomic E-state index is -0.397. The molecule has 0 radical (unpaired) electrons. The summed E-state index contributed by atoms with van der Waals surface area (Å²) < 4.78 is 19.2. The smallest absolute Gasteiger partial charge is 0.257 e. The van der Waals surface area contributed by atoms with Crippen LogP contribution in [0.1, 0.15) is 21.1 Å². The van der Waals surface area contributed by atoms with Gasteiger partial charge < -0.3 is 15.0 Å². The van der Waals surface area contributed by atoms with E-state index in [0.29, 0.717) is 49.8 Å². The van der Waals surface area contributed by atoms with Gasteiger partial charge in [-0.15, -0.1) is 11.3 Å². The maximum absolute atomic E-state index is 13.3. The lowest BCUT2D eigenvalue weighted by molar-refractivity contribution is -0.117. The highest BCUT2D eigenvalue weighted by Gasteiger charge is 2.25. The van der Waals surface area contributed by atoms with E-state index in [1.165, 1.54) is 12.1 Å². The first-order chi connectivity index (χ1) is 16.0. The fourth-order valence-corrected chi connectivity index (χ4v) is 4.24. The van der Waals surface area contributed by atoms with Gasteiger partial charge in [0.05, 0.1) is 22.8 Å². The van der Waals surface area contributed by atoms with E-state index in [1.807, 2.05) is 29.3 Å². The van der Waals surface area contributed by atoms with Crippen molar-refractivity contribution in [1.29, 1.82) is 0 Å². The third-order valence-electron chi connectivity index (χ3n) is 5.29. The van der Waals surface area contributed by atoms with Gasteiger partial charge in [-0.3, -0.25) is 14.5 Å². The monoisotopic (exact) mass is 468 g/mol. The van der Waals surface area contributed by atoms with Crippen molar-refractivity contribution in [3.63, 3.8) is 0 Å². The number of carbonyl (C=O) groups excluding carboxylic acids is 2. The Bertz CT molecular complexity index is 1130. The van der Waals surface area contributed by atoms with E-state index in [2.05, 4.69) is 10.3 Å². The molecule has 172 valence electrons. The number of aryl methyl sites for hydroxylation is 1. The molecule has 33 heavy (non-hydrogen) atoms. The molecule has 0 unspecified atom stereocenters. The number of hydrogen-bond donors (Lipinski definition) is 1. The van der Waals surface area contributed by atoms with Crippen LogP contribution in [0.3, 0.4) is 0 Å². The number of piperazine rings is 1. The van der Waals surface area contributed by atoms with Crippen LogP contribution in [0.15, 0.2) is 53.9 Å². The lowest BCUT2D eigenvalue weighted by Gasteiger charge is -2.34. The minimum Gasteiger partial charge on any atom is -0.486 e. The first kappa shape index (κ1) is 22.9. The summed E-state index contributed by atoms with van der Waals surface area (Å²) in [5, 5.41) is 5.62. The molecule has 0 aliphatic carbocycles. The number of para-hydroxylation sites is 1. The molecule has 1 aromatic heterocycles. The van der Waals surface area contributed by atoms with Crippen LogP contribution < -0.4 is 10.1 Å². The van der Waals surface area contributed by atoms with Crippen molar-refractivity contribution in [2.45, 2.75) is 13.5 Å². The quantitative estimate of drug-likeness (QED) is 0.574. The van der Waals surface area contributed by atoms with Crippen molar-refractivity contribution in [3.8, 4) is 5.75 Å². The number of halogens is 1. The van der Waals surface area contributed by atoms with E-state index < -0.39 is 5.82 Å². The van der Waals surface area contributed by atoms with E-state index in [1.54, 1.807) is 40.5 Å². The van der Waals surface area contributed by atoms with E-state index in [0.717, 1.165) is 10.7 Å². The summed E-state index contributed by atoms with van der Waals surface area (Å²) in [6, 6.07) is 13.0. The van der Waals surface area contributed by atoms with E-state index >= 15 is 0 Å². The van der Waals surface area contributed by atoms with Gasteiger partial charge in [0, 0.05) is 37.2 Å². The first-order valence-electron chi connectivity index (χ1n) is 10.7. The number of thiazole rings is 1. The number of benzene rings is 2. The topological polar surface area (TPSA) is 74.8 Å². The third kappa shape index (κ3) is 6.15. The standard InChI is InChI=1S/C24H25FN4O3S/c1-17-26-20(16-33-17)15-32-22-8-3-2-7-21(22)24(31)29-11-9-28(10-12-29)14-23(30)27-19-6-4-5-18(25)13-19/h2-8,13,16H,9-12,14-15H2,1H3,(H,27,30). The summed E-state index contributed by atoms with van der Waals surface area (Å²) in [6.45, 7) is 4.59. The van der Waals surface area contributed by atoms with E-state index in [-0.39, 0.29) is 18.4 Å². The molecule has 1 aliphatic rings. The zero-order valence-corrected chi connectivity index (χ0v) is 19.1. The maximum Gasteiger partial charge on any atom is 0.257 e. The van der Waals surface area contributed by atoms with E-state index in [4.69, 9.17) is 4.74 Å². The van der Waals surface area contributed by atoms with Gasteiger partial charge in [-0.1, -0.05) is 18.2 Å². The molecule has 2 amide bonds. The van der Waals surface area contributed by atoms with Crippen molar-refractivity contribution in [2.24, 2.45) is 0 Å². The van der Waals surface area contributed by atoms with Crippen LogP contribution in [-0.4, -0.2) is 59.3 Å². The molecule has 0 saturated carbocycles. The second-order valence-corrected chi connectivity index (χ2v) is 8.83. The lowest BCUT2D eigenvalue weighted by Crippen LogP contribution is -2.50. The number of aromatic nitrogens is 1. The number of amides is 2. The van der Waals surface area contributed by atoms with Gasteiger partial charge in [0.25, 0.3) is 5.91 Å². The molecule has 7 nitrogen and oxygen atoms in total. The van der Waals surface area contributed by atoms with Gasteiger partial charge in [-0.2, -0.15) is 0 Å². The van der Waals surface area contributed by atoms with Gasteiger partial charge in [0.2, 0.25) is 5.91 Å². The molecule has 9 heteroatoms. The van der Waals surface area contributed by atoms with Crippen molar-refractivity contribution < 1.29 is 18.7 Å². The number of hydrogen-bond acceptors (Lipinski definition) is 6. The van der Waals surface area contributed by atoms with Gasteiger partial charge >= 0.3 is 0 Å². The predicted octanol–water partition coefficient (Wildman–Crippen LogP) is 3.57. The number of ether oxygens (including phenoxy) is 1. The summed E-state index contributed by atoms with van der Waals surface area (Å²) >= 11 is 1.56. The molecule has 1 saturated heterocycles. The summed E-state index contributed by atoms with van der Waals surface area (Å²) in [6.07, 6.45) is 0. The number of nitrogens with zero attached hydrogens (tertiary/aromatic N) is 3. The van der Waals surface area contributed by atoms with Crippen molar-refractivity contribution in [2.75, 3.05) is 38.0 Å². The number of carbonyl (C=O) groups is 2. The fourth-order valence-electron chi connectivity index (χ4n) is 3.64. The Labute approximate surface area is 195 Å². The Hall–Kier alpha value is -3.30. The average molecular weight is 469 g/mol. The molecular formula is C24H25FN4O3S. The van der Waals surface area contributed by atoms with Crippen LogP contribution in [0, 0.1) is 12.7 Å². The SMILES string of the molecule is Cc1nc(COc2ccccc2C(=O)N2CCN(CC(=O)Nc3cccc(F)c3)CC2)cs1. The molecule has 0 bridgehead atoms. The second kappa shape index (κ2) is 10.5. The largest absolute Gasteiger partial charge is 0.486 e. The Balaban J connectivity index is 1.30. The van der Waals surface area contributed by atoms with Gasteiger partial charge in [-0.25, -0.2) is 9.37 Å². The molecule has 1 N–H and O–H groups in total. The molecule has 2 heterocycles. The second-order valence-electron chi connectivity index (χ2n) is 7.77. The molecule has 1 fully saturated rings. The number of rotatable bonds is 7. The van der Waals surface area contributed by atoms with Crippen molar-refractivity contribution in [3.05, 3.63) is 76.0 Å². The fraction of sp³-hybridized carbons (Fsp3) is 0.292. The Kier molecular flexibility index (Phi) is 7.31. The Morgan fingerprint density at radius 1 is 1.12 bits per heavy atom. The molecular weight excluding hydrogens is 443 g/mol. The van der Waals surface area contributed by atoms with Crippen LogP contribution in [-0.2, 0) is 11.4 Å². The molecule has 3 aromatic rings. The van der Waals surface area contributed by atoms with Gasteiger partial charge in [0.15, 0.2) is 0 Å². The molecule has 1 aliphatic heterocycles. The normalized spacial score (nSPS) is 14.2. The molecule has 0 spiro atoms. The van der Waals surface area contributed by atoms with E-state index in [9.17, 15) is 14.0 Å². The molecule has 4 rings (SSSR count). The summed E-state index contributed by atoms with van der Waals surface area (Å²) in [5.41, 5.74) is 1.78. The Morgan fingerprint density at radius 3 is 2.64 bits per heavy atom. The molecule has 2 aromatic carbocycles. The number of anilines is 1. The van der Waals surface area contributed by atoms with Gasteiger partial charge in [0.1, 0.15) is 18.2 Å². The minimum absolute atomic E-state index is 0.0936. The highest BCUT2D eigenvalue weighted by Crippen LogP contribution is 2.22. The Morgan fingerprint density at radius 2 is 1.91 bits per heavy atom. The van der Waals surface area contributed by atoms with Crippen LogP contribution in [0.2, 0.25) is 0 Å². The van der Waals surface area contributed by atoms with Crippen LogP contribution in [0.5, 0.6) is 5.75 Å². The summed E-state index contributed by atoms with van der Waals surface area (Å²) in [5.74, 6) is -0.170. The zero-order chi connectivity index (χ0) is 23.2. The number of nitrogens with one attached hydrogen (secondary N) is 1. The maximum atomic E-state index is 13.3. The summed E-state index contributed by atoms with van der Waals surface area (Å²) in [7, 11) is 0. The van der Waals surface area contributed by atoms with Crippen LogP contribution in [0.25, 0.3) is 0 Å². The van der Waals surface area contributed by atoms with Gasteiger partial charge in [-0.05, 0) is 37.3 Å². The summed E-state index contributed by atoms with van der Waals surface area (Å²) in [4.78, 5) is 33.6. The average Bonchev–Trinajstić information content (AvgIpc) is 3.23. The first-order valence-corrected chi connectivity index (χ1v) is 11.6. The van der Waals surface area contributed by atoms with Crippen LogP contribution >= 0.6 is 11.3 Å². The predicted molar refractivity (Wildman–Crippen MR) is 125 cm³/mol. The highest BCUT2D eigenvalue weighted by molar-refractivity contribution is 7.09. The highest BCUT2D eigenvalue weighted by atomic mass is 32.1. The third-order valence-corrected chi connectivity index (χ3v) is 6.12. The zero-order valence-electron chi connectivity index (χ0n) is 18.3.